The zero-order chi connectivity index (χ0) is 13.1. The SMILES string of the molecule is CCc1ccc(C(NC)C(F)(F)C(F)F)cc1. The fourth-order valence-electron chi connectivity index (χ4n) is 1.65. The van der Waals surface area contributed by atoms with E-state index in [4.69, 9.17) is 0 Å². The van der Waals surface area contributed by atoms with E-state index in [-0.39, 0.29) is 5.56 Å². The molecule has 0 saturated heterocycles. The molecule has 1 unspecified atom stereocenters. The van der Waals surface area contributed by atoms with Gasteiger partial charge in [0.2, 0.25) is 0 Å². The number of hydrogen-bond acceptors (Lipinski definition) is 1. The average Bonchev–Trinajstić information content (AvgIpc) is 2.30. The van der Waals surface area contributed by atoms with Gasteiger partial charge in [-0.15, -0.1) is 0 Å². The first-order chi connectivity index (χ1) is 7.93. The Bertz CT molecular complexity index is 348. The van der Waals surface area contributed by atoms with Crippen molar-refractivity contribution in [3.63, 3.8) is 0 Å². The molecule has 17 heavy (non-hydrogen) atoms. The third-order valence-corrected chi connectivity index (χ3v) is 2.69. The molecule has 5 heteroatoms. The summed E-state index contributed by atoms with van der Waals surface area (Å²) in [7, 11) is 1.24. The van der Waals surface area contributed by atoms with Crippen molar-refractivity contribution in [3.8, 4) is 0 Å². The highest BCUT2D eigenvalue weighted by Crippen LogP contribution is 2.36. The van der Waals surface area contributed by atoms with E-state index in [0.29, 0.717) is 0 Å². The summed E-state index contributed by atoms with van der Waals surface area (Å²) < 4.78 is 51.1. The van der Waals surface area contributed by atoms with Crippen LogP contribution in [-0.2, 0) is 6.42 Å². The van der Waals surface area contributed by atoms with E-state index < -0.39 is 18.4 Å². The molecule has 1 atom stereocenters. The lowest BCUT2D eigenvalue weighted by Gasteiger charge is -2.26. The van der Waals surface area contributed by atoms with Gasteiger partial charge in [-0.25, -0.2) is 8.78 Å². The van der Waals surface area contributed by atoms with Crippen molar-refractivity contribution >= 4 is 0 Å². The van der Waals surface area contributed by atoms with Crippen molar-refractivity contribution in [1.29, 1.82) is 0 Å². The highest BCUT2D eigenvalue weighted by molar-refractivity contribution is 5.26. The Morgan fingerprint density at radius 1 is 1.18 bits per heavy atom. The second-order valence-electron chi connectivity index (χ2n) is 3.79. The predicted octanol–water partition coefficient (Wildman–Crippen LogP) is 3.41. The summed E-state index contributed by atoms with van der Waals surface area (Å²) in [4.78, 5) is 0. The van der Waals surface area contributed by atoms with Gasteiger partial charge in [0, 0.05) is 0 Å². The summed E-state index contributed by atoms with van der Waals surface area (Å²) in [6.07, 6.45) is -2.92. The summed E-state index contributed by atoms with van der Waals surface area (Å²) in [6.45, 7) is 1.93. The molecule has 0 saturated carbocycles. The van der Waals surface area contributed by atoms with Crippen LogP contribution >= 0.6 is 0 Å². The van der Waals surface area contributed by atoms with E-state index in [1.807, 2.05) is 6.92 Å². The van der Waals surface area contributed by atoms with Crippen molar-refractivity contribution in [3.05, 3.63) is 35.4 Å². The van der Waals surface area contributed by atoms with Gasteiger partial charge in [0.25, 0.3) is 0 Å². The van der Waals surface area contributed by atoms with Gasteiger partial charge < -0.3 is 5.32 Å². The lowest BCUT2D eigenvalue weighted by molar-refractivity contribution is -0.150. The standard InChI is InChI=1S/C12H15F4N/c1-3-8-4-6-9(7-5-8)10(17-2)12(15,16)11(13)14/h4-7,10-11,17H,3H2,1-2H3. The van der Waals surface area contributed by atoms with Crippen molar-refractivity contribution in [2.75, 3.05) is 7.05 Å². The van der Waals surface area contributed by atoms with Crippen LogP contribution in [-0.4, -0.2) is 19.4 Å². The second-order valence-corrected chi connectivity index (χ2v) is 3.79. The van der Waals surface area contributed by atoms with Gasteiger partial charge >= 0.3 is 12.3 Å². The minimum atomic E-state index is -4.08. The van der Waals surface area contributed by atoms with Crippen LogP contribution in [0.3, 0.4) is 0 Å². The Hall–Kier alpha value is -1.10. The van der Waals surface area contributed by atoms with Crippen LogP contribution in [0.1, 0.15) is 24.1 Å². The molecule has 0 spiro atoms. The van der Waals surface area contributed by atoms with Crippen molar-refractivity contribution in [1.82, 2.24) is 5.32 Å². The molecule has 0 fully saturated rings. The zero-order valence-corrected chi connectivity index (χ0v) is 9.68. The Kier molecular flexibility index (Phi) is 4.51. The quantitative estimate of drug-likeness (QED) is 0.788. The fourth-order valence-corrected chi connectivity index (χ4v) is 1.65. The molecule has 1 nitrogen and oxygen atoms in total. The molecule has 0 aliphatic rings. The number of halogens is 4. The second kappa shape index (κ2) is 5.49. The maximum atomic E-state index is 13.3. The molecule has 96 valence electrons. The van der Waals surface area contributed by atoms with E-state index in [0.717, 1.165) is 12.0 Å². The highest BCUT2D eigenvalue weighted by Gasteiger charge is 2.48. The molecular weight excluding hydrogens is 234 g/mol. The molecule has 0 bridgehead atoms. The van der Waals surface area contributed by atoms with Crippen LogP contribution < -0.4 is 5.32 Å². The van der Waals surface area contributed by atoms with Crippen molar-refractivity contribution in [2.45, 2.75) is 31.7 Å². The topological polar surface area (TPSA) is 12.0 Å². The van der Waals surface area contributed by atoms with Crippen LogP contribution in [0.5, 0.6) is 0 Å². The Morgan fingerprint density at radius 2 is 1.71 bits per heavy atom. The van der Waals surface area contributed by atoms with Gasteiger partial charge in [-0.05, 0) is 24.6 Å². The molecule has 0 amide bonds. The van der Waals surface area contributed by atoms with E-state index in [2.05, 4.69) is 5.32 Å². The van der Waals surface area contributed by atoms with Gasteiger partial charge in [-0.1, -0.05) is 31.2 Å². The number of aryl methyl sites for hydroxylation is 1. The molecule has 1 aromatic carbocycles. The highest BCUT2D eigenvalue weighted by atomic mass is 19.3. The minimum absolute atomic E-state index is 0.162. The molecule has 1 rings (SSSR count). The van der Waals surface area contributed by atoms with Gasteiger partial charge in [0.15, 0.2) is 0 Å². The number of hydrogen-bond donors (Lipinski definition) is 1. The Balaban J connectivity index is 3.01. The lowest BCUT2D eigenvalue weighted by atomic mass is 9.99. The van der Waals surface area contributed by atoms with E-state index >= 15 is 0 Å². The number of benzene rings is 1. The average molecular weight is 249 g/mol. The summed E-state index contributed by atoms with van der Waals surface area (Å²) in [5, 5.41) is 2.25. The largest absolute Gasteiger partial charge is 0.326 e. The van der Waals surface area contributed by atoms with Gasteiger partial charge in [-0.2, -0.15) is 8.78 Å². The lowest BCUT2D eigenvalue weighted by Crippen LogP contribution is -2.41. The van der Waals surface area contributed by atoms with Crippen molar-refractivity contribution in [2.24, 2.45) is 0 Å². The molecule has 0 heterocycles. The minimum Gasteiger partial charge on any atom is -0.308 e. The number of nitrogens with one attached hydrogen (secondary N) is 1. The maximum absolute atomic E-state index is 13.3. The van der Waals surface area contributed by atoms with Gasteiger partial charge in [0.1, 0.15) is 6.04 Å². The molecule has 1 N–H and O–H groups in total. The van der Waals surface area contributed by atoms with Crippen LogP contribution in [0, 0.1) is 0 Å². The van der Waals surface area contributed by atoms with Crippen molar-refractivity contribution < 1.29 is 17.6 Å². The van der Waals surface area contributed by atoms with Gasteiger partial charge in [-0.3, -0.25) is 0 Å². The third-order valence-electron chi connectivity index (χ3n) is 2.69. The Labute approximate surface area is 97.8 Å². The first-order valence-corrected chi connectivity index (χ1v) is 5.35. The normalized spacial score (nSPS) is 14.1. The first kappa shape index (κ1) is 14.0. The zero-order valence-electron chi connectivity index (χ0n) is 9.68. The molecule has 0 radical (unpaired) electrons. The Morgan fingerprint density at radius 3 is 2.06 bits per heavy atom. The fraction of sp³-hybridized carbons (Fsp3) is 0.500. The summed E-state index contributed by atoms with van der Waals surface area (Å²) in [6, 6.07) is 4.57. The molecule has 1 aromatic rings. The van der Waals surface area contributed by atoms with Crippen LogP contribution in [0.4, 0.5) is 17.6 Å². The van der Waals surface area contributed by atoms with Crippen LogP contribution in [0.2, 0.25) is 0 Å². The molecule has 0 aliphatic heterocycles. The smallest absolute Gasteiger partial charge is 0.308 e. The summed E-state index contributed by atoms with van der Waals surface area (Å²) >= 11 is 0. The molecular formula is C12H15F4N. The van der Waals surface area contributed by atoms with E-state index in [1.54, 1.807) is 12.1 Å². The van der Waals surface area contributed by atoms with Gasteiger partial charge in [0.05, 0.1) is 0 Å². The number of rotatable bonds is 5. The maximum Gasteiger partial charge on any atom is 0.326 e. The van der Waals surface area contributed by atoms with E-state index in [9.17, 15) is 17.6 Å². The molecule has 0 aromatic heterocycles. The monoisotopic (exact) mass is 249 g/mol. The summed E-state index contributed by atoms with van der Waals surface area (Å²) in [5.41, 5.74) is 1.14. The third kappa shape index (κ3) is 2.97. The van der Waals surface area contributed by atoms with Crippen LogP contribution in [0.25, 0.3) is 0 Å². The van der Waals surface area contributed by atoms with Crippen LogP contribution in [0.15, 0.2) is 24.3 Å². The van der Waals surface area contributed by atoms with E-state index in [1.165, 1.54) is 19.2 Å². The molecule has 0 aliphatic carbocycles. The summed E-state index contributed by atoms with van der Waals surface area (Å²) in [5.74, 6) is -4.08. The predicted molar refractivity (Wildman–Crippen MR) is 58.6 cm³/mol. The first-order valence-electron chi connectivity index (χ1n) is 5.35. The number of alkyl halides is 4.